The van der Waals surface area contributed by atoms with Crippen LogP contribution >= 0.6 is 11.8 Å². The van der Waals surface area contributed by atoms with E-state index in [-0.39, 0.29) is 5.41 Å². The summed E-state index contributed by atoms with van der Waals surface area (Å²) in [5.41, 5.74) is 0.228. The summed E-state index contributed by atoms with van der Waals surface area (Å²) in [4.78, 5) is 0. The van der Waals surface area contributed by atoms with Gasteiger partial charge in [0.25, 0.3) is 0 Å². The second kappa shape index (κ2) is 7.04. The number of aromatic nitrogens is 4. The third-order valence-electron chi connectivity index (χ3n) is 3.47. The average Bonchev–Trinajstić information content (AvgIpc) is 3.02. The quantitative estimate of drug-likeness (QED) is 0.551. The molecule has 0 unspecified atom stereocenters. The van der Waals surface area contributed by atoms with Gasteiger partial charge in [0, 0.05) is 18.7 Å². The Morgan fingerprint density at radius 3 is 2.95 bits per heavy atom. The predicted molar refractivity (Wildman–Crippen MR) is 78.1 cm³/mol. The molecule has 1 aliphatic rings. The lowest BCUT2D eigenvalue weighted by Gasteiger charge is -2.10. The summed E-state index contributed by atoms with van der Waals surface area (Å²) >= 11 is 1.68. The van der Waals surface area contributed by atoms with Crippen molar-refractivity contribution >= 4 is 11.8 Å². The molecule has 7 heteroatoms. The molecule has 0 atom stereocenters. The zero-order valence-corrected chi connectivity index (χ0v) is 13.0. The molecule has 110 valence electrons. The molecule has 0 amide bonds. The number of nitriles is 1. The van der Waals surface area contributed by atoms with Crippen LogP contribution in [-0.2, 0) is 6.54 Å². The first kappa shape index (κ1) is 15.3. The van der Waals surface area contributed by atoms with Crippen LogP contribution in [0.2, 0.25) is 0 Å². The Bertz CT molecular complexity index is 460. The second-order valence-corrected chi connectivity index (χ2v) is 6.85. The zero-order valence-electron chi connectivity index (χ0n) is 12.2. The first-order valence-corrected chi connectivity index (χ1v) is 8.10. The molecule has 1 heterocycles. The third-order valence-corrected chi connectivity index (χ3v) is 4.78. The molecule has 0 aromatic carbocycles. The van der Waals surface area contributed by atoms with Crippen molar-refractivity contribution in [3.8, 4) is 6.07 Å². The summed E-state index contributed by atoms with van der Waals surface area (Å²) in [6.07, 6.45) is 2.97. The van der Waals surface area contributed by atoms with Crippen LogP contribution in [0.5, 0.6) is 0 Å². The lowest BCUT2D eigenvalue weighted by molar-refractivity contribution is 0.481. The number of rotatable bonds is 9. The van der Waals surface area contributed by atoms with Gasteiger partial charge in [-0.1, -0.05) is 25.6 Å². The summed E-state index contributed by atoms with van der Waals surface area (Å²) in [5.74, 6) is 1.60. The topological polar surface area (TPSA) is 79.4 Å². The Hall–Kier alpha value is -1.13. The number of hydrogen-bond acceptors (Lipinski definition) is 6. The van der Waals surface area contributed by atoms with Crippen molar-refractivity contribution in [2.75, 3.05) is 18.8 Å². The number of nitrogens with one attached hydrogen (secondary N) is 1. The van der Waals surface area contributed by atoms with Gasteiger partial charge in [-0.05, 0) is 41.1 Å². The molecule has 6 nitrogen and oxygen atoms in total. The Kier molecular flexibility index (Phi) is 5.38. The summed E-state index contributed by atoms with van der Waals surface area (Å²) < 4.78 is 1.85. The van der Waals surface area contributed by atoms with E-state index in [0.717, 1.165) is 43.4 Å². The van der Waals surface area contributed by atoms with E-state index in [1.54, 1.807) is 11.8 Å². The maximum Gasteiger partial charge on any atom is 0.209 e. The first-order valence-electron chi connectivity index (χ1n) is 7.12. The van der Waals surface area contributed by atoms with E-state index in [1.165, 1.54) is 0 Å². The van der Waals surface area contributed by atoms with Gasteiger partial charge in [0.05, 0.1) is 12.6 Å². The third kappa shape index (κ3) is 4.46. The van der Waals surface area contributed by atoms with Gasteiger partial charge >= 0.3 is 0 Å². The molecule has 0 bridgehead atoms. The van der Waals surface area contributed by atoms with Crippen molar-refractivity contribution in [3.63, 3.8) is 0 Å². The molecule has 20 heavy (non-hydrogen) atoms. The van der Waals surface area contributed by atoms with Crippen LogP contribution in [-0.4, -0.2) is 39.0 Å². The molecule has 1 aromatic rings. The zero-order chi connectivity index (χ0) is 14.4. The standard InChI is InChI=1S/C13H22N6S/c1-11(2)9-15-7-8-19-12(16-17-18-19)20-10-13(3-4-13)5-6-14/h11,15H,3-5,7-10H2,1-2H3. The minimum atomic E-state index is 0.228. The van der Waals surface area contributed by atoms with Crippen molar-refractivity contribution < 1.29 is 0 Å². The van der Waals surface area contributed by atoms with Gasteiger partial charge in [-0.25, -0.2) is 4.68 Å². The van der Waals surface area contributed by atoms with E-state index >= 15 is 0 Å². The molecule has 1 N–H and O–H groups in total. The first-order chi connectivity index (χ1) is 9.65. The summed E-state index contributed by atoms with van der Waals surface area (Å²) in [7, 11) is 0. The lowest BCUT2D eigenvalue weighted by Crippen LogP contribution is -2.24. The van der Waals surface area contributed by atoms with E-state index < -0.39 is 0 Å². The molecule has 1 saturated carbocycles. The van der Waals surface area contributed by atoms with Crippen molar-refractivity contribution in [2.24, 2.45) is 11.3 Å². The van der Waals surface area contributed by atoms with Crippen molar-refractivity contribution in [2.45, 2.75) is 44.8 Å². The highest BCUT2D eigenvalue weighted by Gasteiger charge is 2.42. The number of thioether (sulfide) groups is 1. The van der Waals surface area contributed by atoms with E-state index in [4.69, 9.17) is 5.26 Å². The Morgan fingerprint density at radius 2 is 2.30 bits per heavy atom. The fourth-order valence-electron chi connectivity index (χ4n) is 1.95. The van der Waals surface area contributed by atoms with Crippen LogP contribution in [0.15, 0.2) is 5.16 Å². The monoisotopic (exact) mass is 294 g/mol. The van der Waals surface area contributed by atoms with Crippen LogP contribution in [0.3, 0.4) is 0 Å². The van der Waals surface area contributed by atoms with Crippen LogP contribution in [0.4, 0.5) is 0 Å². The van der Waals surface area contributed by atoms with Crippen LogP contribution < -0.4 is 5.32 Å². The number of hydrogen-bond donors (Lipinski definition) is 1. The van der Waals surface area contributed by atoms with Gasteiger partial charge in [0.2, 0.25) is 5.16 Å². The fraction of sp³-hybridized carbons (Fsp3) is 0.846. The Balaban J connectivity index is 1.76. The molecule has 0 saturated heterocycles. The minimum absolute atomic E-state index is 0.228. The van der Waals surface area contributed by atoms with Gasteiger partial charge in [0.15, 0.2) is 0 Å². The van der Waals surface area contributed by atoms with Crippen molar-refractivity contribution in [3.05, 3.63) is 0 Å². The lowest BCUT2D eigenvalue weighted by atomic mass is 10.1. The van der Waals surface area contributed by atoms with Gasteiger partial charge in [-0.15, -0.1) is 5.10 Å². The highest BCUT2D eigenvalue weighted by atomic mass is 32.2. The van der Waals surface area contributed by atoms with Gasteiger partial charge in [-0.2, -0.15) is 5.26 Å². The van der Waals surface area contributed by atoms with Crippen molar-refractivity contribution in [1.29, 1.82) is 5.26 Å². The Morgan fingerprint density at radius 1 is 1.50 bits per heavy atom. The van der Waals surface area contributed by atoms with Gasteiger partial charge in [-0.3, -0.25) is 0 Å². The molecule has 1 fully saturated rings. The second-order valence-electron chi connectivity index (χ2n) is 5.91. The van der Waals surface area contributed by atoms with Gasteiger partial charge in [0.1, 0.15) is 0 Å². The van der Waals surface area contributed by atoms with E-state index in [9.17, 15) is 0 Å². The van der Waals surface area contributed by atoms with Crippen LogP contribution in [0.25, 0.3) is 0 Å². The number of nitrogens with zero attached hydrogens (tertiary/aromatic N) is 5. The maximum absolute atomic E-state index is 8.83. The fourth-order valence-corrected chi connectivity index (χ4v) is 3.15. The molecule has 1 aromatic heterocycles. The molecule has 0 aliphatic heterocycles. The number of tetrazole rings is 1. The molecule has 0 radical (unpaired) electrons. The van der Waals surface area contributed by atoms with Crippen LogP contribution in [0, 0.1) is 22.7 Å². The molecule has 1 aliphatic carbocycles. The minimum Gasteiger partial charge on any atom is -0.315 e. The predicted octanol–water partition coefficient (Wildman–Crippen LogP) is 1.70. The maximum atomic E-state index is 8.83. The van der Waals surface area contributed by atoms with E-state index in [2.05, 4.69) is 40.8 Å². The van der Waals surface area contributed by atoms with Gasteiger partial charge < -0.3 is 5.32 Å². The molecular formula is C13H22N6S. The molecule has 0 spiro atoms. The van der Waals surface area contributed by atoms with E-state index in [0.29, 0.717) is 12.3 Å². The SMILES string of the molecule is CC(C)CNCCn1nnnc1SCC1(CC#N)CC1. The highest BCUT2D eigenvalue weighted by molar-refractivity contribution is 7.99. The van der Waals surface area contributed by atoms with Crippen molar-refractivity contribution in [1.82, 2.24) is 25.5 Å². The normalized spacial score (nSPS) is 16.3. The summed E-state index contributed by atoms with van der Waals surface area (Å²) in [6, 6.07) is 2.29. The average molecular weight is 294 g/mol. The molecular weight excluding hydrogens is 272 g/mol. The van der Waals surface area contributed by atoms with Crippen LogP contribution in [0.1, 0.15) is 33.1 Å². The Labute approximate surface area is 124 Å². The van der Waals surface area contributed by atoms with E-state index in [1.807, 2.05) is 4.68 Å². The largest absolute Gasteiger partial charge is 0.315 e. The summed E-state index contributed by atoms with van der Waals surface area (Å²) in [6.45, 7) is 7.05. The smallest absolute Gasteiger partial charge is 0.209 e. The summed E-state index contributed by atoms with van der Waals surface area (Å²) in [5, 5.41) is 24.9. The highest BCUT2D eigenvalue weighted by Crippen LogP contribution is 2.51. The molecule has 2 rings (SSSR count).